The van der Waals surface area contributed by atoms with E-state index in [-0.39, 0.29) is 29.1 Å². The molecule has 0 saturated carbocycles. The maximum atomic E-state index is 13.7. The third-order valence-corrected chi connectivity index (χ3v) is 9.20. The van der Waals surface area contributed by atoms with Crippen LogP contribution in [0, 0.1) is 5.92 Å². The fourth-order valence-electron chi connectivity index (χ4n) is 4.74. The van der Waals surface area contributed by atoms with E-state index in [1.165, 1.54) is 15.7 Å². The number of nitrogens with one attached hydrogen (secondary N) is 1. The van der Waals surface area contributed by atoms with Gasteiger partial charge < -0.3 is 9.73 Å². The first-order valence-corrected chi connectivity index (χ1v) is 13.4. The van der Waals surface area contributed by atoms with Crippen LogP contribution in [0.5, 0.6) is 0 Å². The first-order chi connectivity index (χ1) is 17.9. The number of hydrogen-bond acceptors (Lipinski definition) is 7. The Hall–Kier alpha value is -3.60. The topological polar surface area (TPSA) is 102 Å². The van der Waals surface area contributed by atoms with Gasteiger partial charge in [0.25, 0.3) is 0 Å². The van der Waals surface area contributed by atoms with Crippen LogP contribution in [0.4, 0.5) is 11.4 Å². The van der Waals surface area contributed by atoms with Gasteiger partial charge in [-0.05, 0) is 48.5 Å². The summed E-state index contributed by atoms with van der Waals surface area (Å²) in [4.78, 5) is 54.6. The second-order valence-corrected chi connectivity index (χ2v) is 11.1. The largest absolute Gasteiger partial charge is 0.469 e. The number of benzene rings is 2. The third-order valence-electron chi connectivity index (χ3n) is 6.34. The van der Waals surface area contributed by atoms with Crippen molar-refractivity contribution in [1.29, 1.82) is 0 Å². The zero-order valence-corrected chi connectivity index (χ0v) is 21.4. The van der Waals surface area contributed by atoms with Crippen LogP contribution in [0.2, 0.25) is 5.02 Å². The van der Waals surface area contributed by atoms with Gasteiger partial charge >= 0.3 is 4.87 Å². The molecule has 0 bridgehead atoms. The van der Waals surface area contributed by atoms with Gasteiger partial charge in [0.1, 0.15) is 17.6 Å². The van der Waals surface area contributed by atoms with Crippen LogP contribution in [-0.4, -0.2) is 27.5 Å². The van der Waals surface area contributed by atoms with E-state index in [1.807, 2.05) is 6.07 Å². The van der Waals surface area contributed by atoms with Crippen LogP contribution in [-0.2, 0) is 20.9 Å². The molecule has 186 valence electrons. The predicted octanol–water partition coefficient (Wildman–Crippen LogP) is 4.59. The highest BCUT2D eigenvalue weighted by Gasteiger charge is 2.57. The minimum absolute atomic E-state index is 0.224. The lowest BCUT2D eigenvalue weighted by molar-refractivity contribution is -0.122. The maximum Gasteiger partial charge on any atom is 0.308 e. The van der Waals surface area contributed by atoms with Gasteiger partial charge in [-0.25, -0.2) is 4.90 Å². The van der Waals surface area contributed by atoms with Crippen LogP contribution in [0.15, 0.2) is 87.2 Å². The van der Waals surface area contributed by atoms with Crippen molar-refractivity contribution in [3.63, 3.8) is 0 Å². The quantitative estimate of drug-likeness (QED) is 0.364. The first-order valence-electron chi connectivity index (χ1n) is 11.3. The molecule has 2 aromatic carbocycles. The van der Waals surface area contributed by atoms with Gasteiger partial charge in [-0.15, -0.1) is 0 Å². The molecule has 37 heavy (non-hydrogen) atoms. The summed E-state index contributed by atoms with van der Waals surface area (Å²) in [5.74, 6) is -2.05. The molecule has 4 heterocycles. The summed E-state index contributed by atoms with van der Waals surface area (Å²) < 4.78 is 7.07. The van der Waals surface area contributed by atoms with Crippen molar-refractivity contribution >= 4 is 63.8 Å². The van der Waals surface area contributed by atoms with Gasteiger partial charge in [0, 0.05) is 10.7 Å². The lowest BCUT2D eigenvalue weighted by Gasteiger charge is -2.29. The molecule has 4 aromatic rings. The zero-order valence-electron chi connectivity index (χ0n) is 19.0. The molecule has 2 aliphatic rings. The molecular weight excluding hydrogens is 534 g/mol. The van der Waals surface area contributed by atoms with E-state index < -0.39 is 17.1 Å². The molecule has 1 N–H and O–H groups in total. The van der Waals surface area contributed by atoms with Crippen molar-refractivity contribution in [3.8, 4) is 0 Å². The van der Waals surface area contributed by atoms with Crippen molar-refractivity contribution in [3.05, 3.63) is 98.3 Å². The van der Waals surface area contributed by atoms with Gasteiger partial charge in [0.15, 0.2) is 0 Å². The zero-order chi connectivity index (χ0) is 25.7. The van der Waals surface area contributed by atoms with Crippen molar-refractivity contribution < 1.29 is 18.8 Å². The van der Waals surface area contributed by atoms with Crippen molar-refractivity contribution in [2.75, 3.05) is 10.2 Å². The van der Waals surface area contributed by atoms with Crippen molar-refractivity contribution in [2.24, 2.45) is 5.92 Å². The number of furan rings is 1. The van der Waals surface area contributed by atoms with E-state index in [2.05, 4.69) is 5.32 Å². The number of anilines is 2. The lowest BCUT2D eigenvalue weighted by Crippen LogP contribution is -2.32. The number of carbonyl (C=O) groups is 3. The Labute approximate surface area is 223 Å². The molecule has 3 unspecified atom stereocenters. The molecule has 0 spiro atoms. The van der Waals surface area contributed by atoms with E-state index in [0.717, 1.165) is 23.1 Å². The van der Waals surface area contributed by atoms with Gasteiger partial charge in [-0.1, -0.05) is 52.9 Å². The van der Waals surface area contributed by atoms with E-state index in [4.69, 9.17) is 16.0 Å². The number of rotatable bonds is 5. The number of hydrogen-bond donors (Lipinski definition) is 1. The monoisotopic (exact) mass is 551 g/mol. The minimum atomic E-state index is -0.789. The fraction of sp³-hybridized carbons (Fsp3) is 0.154. The summed E-state index contributed by atoms with van der Waals surface area (Å²) >= 11 is 8.13. The average Bonchev–Trinajstić information content (AvgIpc) is 3.58. The molecule has 6 rings (SSSR count). The number of nitrogens with zero attached hydrogens (tertiary/aromatic N) is 2. The van der Waals surface area contributed by atoms with Gasteiger partial charge in [-0.2, -0.15) is 0 Å². The number of thioether (sulfide) groups is 1. The standard InChI is InChI=1S/C26H18ClN3O5S2/c27-14-8-10-16(11-9-14)30-23(32)20-19(17-7-4-12-35-17)22-25(36-21(20)24(30)33)29(26(34)37-22)13-18(31)28-15-5-2-1-3-6-15/h1-12,19-21H,13H2,(H,28,31). The summed E-state index contributed by atoms with van der Waals surface area (Å²) in [6.07, 6.45) is 1.50. The Morgan fingerprint density at radius 1 is 0.973 bits per heavy atom. The molecule has 1 saturated heterocycles. The van der Waals surface area contributed by atoms with Crippen LogP contribution in [0.1, 0.15) is 16.6 Å². The third kappa shape index (κ3) is 4.11. The number of thiazole rings is 1. The normalized spacial score (nSPS) is 20.6. The van der Waals surface area contributed by atoms with Crippen LogP contribution >= 0.6 is 34.7 Å². The number of imide groups is 1. The summed E-state index contributed by atoms with van der Waals surface area (Å²) in [7, 11) is 0. The second kappa shape index (κ2) is 9.37. The molecule has 11 heteroatoms. The Bertz CT molecular complexity index is 1560. The molecule has 0 aliphatic carbocycles. The SMILES string of the molecule is O=C(Cn1c2c(sc1=O)C(c1ccco1)C1C(=O)N(c3ccc(Cl)cc3)C(=O)C1S2)Nc1ccccc1. The van der Waals surface area contributed by atoms with E-state index >= 15 is 0 Å². The van der Waals surface area contributed by atoms with Gasteiger partial charge in [-0.3, -0.25) is 23.7 Å². The predicted molar refractivity (Wildman–Crippen MR) is 141 cm³/mol. The van der Waals surface area contributed by atoms with Crippen LogP contribution < -0.4 is 15.1 Å². The Kier molecular flexibility index (Phi) is 6.02. The molecule has 3 atom stereocenters. The van der Waals surface area contributed by atoms with Crippen molar-refractivity contribution in [2.45, 2.75) is 22.7 Å². The number of para-hydroxylation sites is 1. The fourth-order valence-corrected chi connectivity index (χ4v) is 7.62. The molecule has 2 aromatic heterocycles. The highest BCUT2D eigenvalue weighted by molar-refractivity contribution is 8.00. The Morgan fingerprint density at radius 2 is 1.73 bits per heavy atom. The van der Waals surface area contributed by atoms with E-state index in [9.17, 15) is 19.2 Å². The molecular formula is C26H18ClN3O5S2. The number of carbonyl (C=O) groups excluding carboxylic acids is 3. The van der Waals surface area contributed by atoms with Crippen molar-refractivity contribution in [1.82, 2.24) is 4.57 Å². The van der Waals surface area contributed by atoms with E-state index in [1.54, 1.807) is 60.7 Å². The minimum Gasteiger partial charge on any atom is -0.469 e. The summed E-state index contributed by atoms with van der Waals surface area (Å²) in [6, 6.07) is 18.9. The highest BCUT2D eigenvalue weighted by atomic mass is 35.5. The van der Waals surface area contributed by atoms with E-state index in [0.29, 0.717) is 32.1 Å². The average molecular weight is 552 g/mol. The Morgan fingerprint density at radius 3 is 2.43 bits per heavy atom. The smallest absolute Gasteiger partial charge is 0.308 e. The van der Waals surface area contributed by atoms with Crippen LogP contribution in [0.25, 0.3) is 0 Å². The van der Waals surface area contributed by atoms with Gasteiger partial charge in [0.2, 0.25) is 17.7 Å². The summed E-state index contributed by atoms with van der Waals surface area (Å²) in [5, 5.41) is 2.99. The molecule has 2 aliphatic heterocycles. The lowest BCUT2D eigenvalue weighted by atomic mass is 9.87. The van der Waals surface area contributed by atoms with Gasteiger partial charge in [0.05, 0.1) is 33.7 Å². The van der Waals surface area contributed by atoms with Crippen LogP contribution in [0.3, 0.4) is 0 Å². The Balaban J connectivity index is 1.39. The number of aromatic nitrogens is 1. The number of halogens is 1. The molecule has 1 fully saturated rings. The second-order valence-electron chi connectivity index (χ2n) is 8.58. The highest BCUT2D eigenvalue weighted by Crippen LogP contribution is 2.53. The number of amides is 3. The summed E-state index contributed by atoms with van der Waals surface area (Å²) in [6.45, 7) is -0.224. The molecule has 0 radical (unpaired) electrons. The number of fused-ring (bicyclic) bond motifs is 2. The molecule has 3 amide bonds. The molecule has 8 nitrogen and oxygen atoms in total. The first kappa shape index (κ1) is 23.8. The maximum absolute atomic E-state index is 13.7. The summed E-state index contributed by atoms with van der Waals surface area (Å²) in [5.41, 5.74) is 1.04.